The zero-order valence-corrected chi connectivity index (χ0v) is 35.4. The number of carboxylic acids is 2. The van der Waals surface area contributed by atoms with Crippen molar-refractivity contribution in [3.63, 3.8) is 0 Å². The van der Waals surface area contributed by atoms with Crippen molar-refractivity contribution in [3.05, 3.63) is 59.1 Å². The molecule has 0 radical (unpaired) electrons. The number of alkyl carbamates (subject to hydrolysis) is 1. The second kappa shape index (κ2) is 23.9. The van der Waals surface area contributed by atoms with Crippen LogP contribution >= 0.6 is 23.1 Å². The van der Waals surface area contributed by atoms with Gasteiger partial charge in [-0.2, -0.15) is 0 Å². The molecular weight excluding hydrogens is 817 g/mol. The summed E-state index contributed by atoms with van der Waals surface area (Å²) in [6, 6.07) is 9.52. The molecular formula is C40H52N8O10S2. The Morgan fingerprint density at radius 1 is 0.850 bits per heavy atom. The standard InChI is InChI=1S/C40H52N8O10S2/c1-24(49)41-19-9-7-13-28(34(52)42-26-15-16-27-32(21-26)60-38(45-27)37-46-31(23-59-37)39(55)56)43-35(53)29(14-8-10-20-48(2)3)44-36(54)30(17-18-33(50)51)47-40(57)58-22-25-11-5-4-6-12-25/h4-6,11-12,15-16,21,28-31H,7-10,13-14,17-20,22-23H2,1-3H3,(H,41,49)(H,42,52)(H,43,53)(H,44,54)(H,47,57)(H,50,51)(H,55,56)/t28-,29-,30-,31+/m0/s1. The number of unbranched alkanes of at least 4 members (excludes halogenated alkanes) is 2. The third kappa shape index (κ3) is 15.9. The maximum Gasteiger partial charge on any atom is 0.408 e. The topological polar surface area (TPSA) is 258 Å². The molecule has 2 heterocycles. The number of thioether (sulfide) groups is 1. The van der Waals surface area contributed by atoms with E-state index in [1.807, 2.05) is 19.0 Å². The Morgan fingerprint density at radius 2 is 1.52 bits per heavy atom. The van der Waals surface area contributed by atoms with E-state index < -0.39 is 66.3 Å². The minimum Gasteiger partial charge on any atom is -0.481 e. The Kier molecular flexibility index (Phi) is 18.7. The summed E-state index contributed by atoms with van der Waals surface area (Å²) in [5.41, 5.74) is 1.75. The lowest BCUT2D eigenvalue weighted by Crippen LogP contribution is -2.56. The molecule has 1 aliphatic heterocycles. The molecule has 18 nitrogen and oxygen atoms in total. The second-order valence-electron chi connectivity index (χ2n) is 14.4. The molecule has 60 heavy (non-hydrogen) atoms. The van der Waals surface area contributed by atoms with Gasteiger partial charge < -0.3 is 46.4 Å². The van der Waals surface area contributed by atoms with E-state index in [1.54, 1.807) is 48.5 Å². The normalized spacial score (nSPS) is 15.0. The fraction of sp³-hybridized carbons (Fsp3) is 0.475. The Hall–Kier alpha value is -5.60. The van der Waals surface area contributed by atoms with E-state index in [0.717, 1.165) is 4.70 Å². The predicted molar refractivity (Wildman–Crippen MR) is 228 cm³/mol. The monoisotopic (exact) mass is 868 g/mol. The number of thiazole rings is 1. The van der Waals surface area contributed by atoms with Gasteiger partial charge in [0.05, 0.1) is 10.2 Å². The van der Waals surface area contributed by atoms with Crippen molar-refractivity contribution in [1.82, 2.24) is 31.2 Å². The smallest absolute Gasteiger partial charge is 0.408 e. The SMILES string of the molecule is CC(=O)NCCCC[C@H](NC(=O)[C@H](CCCCN(C)C)NC(=O)[C@H](CCC(=O)O)NC(=O)OCc1ccccc1)C(=O)Nc1ccc2nc(C3=N[C@@H](C(=O)O)CS3)sc2c1. The summed E-state index contributed by atoms with van der Waals surface area (Å²) in [7, 11) is 3.81. The molecule has 4 rings (SSSR count). The number of rotatable bonds is 24. The van der Waals surface area contributed by atoms with Crippen LogP contribution in [0.15, 0.2) is 53.5 Å². The summed E-state index contributed by atoms with van der Waals surface area (Å²) in [6.45, 7) is 2.38. The molecule has 4 atom stereocenters. The summed E-state index contributed by atoms with van der Waals surface area (Å²) in [4.78, 5) is 99.5. The Labute approximate surface area is 355 Å². The van der Waals surface area contributed by atoms with Gasteiger partial charge in [0.1, 0.15) is 34.8 Å². The highest BCUT2D eigenvalue weighted by Gasteiger charge is 2.31. The molecule has 20 heteroatoms. The van der Waals surface area contributed by atoms with Crippen molar-refractivity contribution in [3.8, 4) is 0 Å². The minimum atomic E-state index is -1.35. The predicted octanol–water partition coefficient (Wildman–Crippen LogP) is 3.35. The number of carbonyl (C=O) groups is 7. The van der Waals surface area contributed by atoms with Gasteiger partial charge in [0.2, 0.25) is 23.6 Å². The summed E-state index contributed by atoms with van der Waals surface area (Å²) in [5, 5.41) is 33.3. The number of anilines is 1. The molecule has 0 saturated carbocycles. The van der Waals surface area contributed by atoms with Crippen molar-refractivity contribution in [2.24, 2.45) is 4.99 Å². The fourth-order valence-corrected chi connectivity index (χ4v) is 8.08. The van der Waals surface area contributed by atoms with Crippen LogP contribution in [0.3, 0.4) is 0 Å². The summed E-state index contributed by atoms with van der Waals surface area (Å²) in [6.07, 6.45) is 0.827. The first-order valence-electron chi connectivity index (χ1n) is 19.5. The van der Waals surface area contributed by atoms with Gasteiger partial charge in [0.25, 0.3) is 0 Å². The number of nitrogens with zero attached hydrogens (tertiary/aromatic N) is 3. The van der Waals surface area contributed by atoms with Crippen LogP contribution in [0.4, 0.5) is 10.5 Å². The van der Waals surface area contributed by atoms with E-state index >= 15 is 0 Å². The molecule has 2 aromatic carbocycles. The van der Waals surface area contributed by atoms with E-state index in [2.05, 4.69) is 36.6 Å². The number of hydrogen-bond donors (Lipinski definition) is 7. The average Bonchev–Trinajstić information content (AvgIpc) is 3.87. The number of aliphatic imine (C=N–C) groups is 1. The van der Waals surface area contributed by atoms with E-state index in [1.165, 1.54) is 30.0 Å². The molecule has 0 unspecified atom stereocenters. The number of aromatic nitrogens is 1. The zero-order valence-electron chi connectivity index (χ0n) is 33.7. The second-order valence-corrected chi connectivity index (χ2v) is 16.4. The molecule has 1 aromatic heterocycles. The number of carbonyl (C=O) groups excluding carboxylic acids is 5. The first kappa shape index (κ1) is 47.1. The van der Waals surface area contributed by atoms with Gasteiger partial charge in [-0.3, -0.25) is 29.0 Å². The third-order valence-electron chi connectivity index (χ3n) is 9.15. The number of ether oxygens (including phenoxy) is 1. The maximum atomic E-state index is 14.1. The first-order valence-corrected chi connectivity index (χ1v) is 21.3. The van der Waals surface area contributed by atoms with Crippen LogP contribution in [0.25, 0.3) is 10.2 Å². The number of aliphatic carboxylic acids is 2. The van der Waals surface area contributed by atoms with Crippen LogP contribution in [0.5, 0.6) is 0 Å². The van der Waals surface area contributed by atoms with Gasteiger partial charge in [-0.25, -0.2) is 14.6 Å². The molecule has 324 valence electrons. The van der Waals surface area contributed by atoms with Gasteiger partial charge in [-0.05, 0) is 89.3 Å². The Bertz CT molecular complexity index is 2010. The Morgan fingerprint density at radius 3 is 2.15 bits per heavy atom. The summed E-state index contributed by atoms with van der Waals surface area (Å²) in [5.74, 6) is -4.08. The van der Waals surface area contributed by atoms with Crippen LogP contribution in [-0.4, -0.2) is 124 Å². The molecule has 7 N–H and O–H groups in total. The molecule has 0 spiro atoms. The quantitative estimate of drug-likeness (QED) is 0.0639. The van der Waals surface area contributed by atoms with Crippen LogP contribution in [-0.2, 0) is 40.1 Å². The lowest BCUT2D eigenvalue weighted by atomic mass is 10.0. The van der Waals surface area contributed by atoms with Gasteiger partial charge in [-0.1, -0.05) is 30.3 Å². The number of benzene rings is 2. The van der Waals surface area contributed by atoms with Gasteiger partial charge in [0.15, 0.2) is 6.04 Å². The summed E-state index contributed by atoms with van der Waals surface area (Å²) < 4.78 is 5.99. The lowest BCUT2D eigenvalue weighted by molar-refractivity contribution is -0.138. The third-order valence-corrected chi connectivity index (χ3v) is 11.4. The molecule has 3 aromatic rings. The molecule has 0 saturated heterocycles. The van der Waals surface area contributed by atoms with Crippen LogP contribution in [0.2, 0.25) is 0 Å². The average molecular weight is 869 g/mol. The molecule has 0 fully saturated rings. The number of amides is 5. The van der Waals surface area contributed by atoms with Crippen LogP contribution in [0.1, 0.15) is 68.9 Å². The van der Waals surface area contributed by atoms with Crippen molar-refractivity contribution >= 4 is 85.7 Å². The largest absolute Gasteiger partial charge is 0.481 e. The van der Waals surface area contributed by atoms with Crippen molar-refractivity contribution in [2.45, 2.75) is 89.1 Å². The van der Waals surface area contributed by atoms with E-state index in [-0.39, 0.29) is 31.8 Å². The number of fused-ring (bicyclic) bond motifs is 1. The van der Waals surface area contributed by atoms with E-state index in [4.69, 9.17) is 4.74 Å². The fourth-order valence-electron chi connectivity index (χ4n) is 5.98. The Balaban J connectivity index is 1.50. The van der Waals surface area contributed by atoms with Gasteiger partial charge in [-0.15, -0.1) is 23.1 Å². The molecule has 5 amide bonds. The van der Waals surface area contributed by atoms with Crippen molar-refractivity contribution < 1.29 is 48.5 Å². The highest BCUT2D eigenvalue weighted by molar-refractivity contribution is 8.15. The van der Waals surface area contributed by atoms with Crippen molar-refractivity contribution in [2.75, 3.05) is 38.3 Å². The number of hydrogen-bond acceptors (Lipinski definition) is 13. The molecule has 0 aliphatic carbocycles. The maximum absolute atomic E-state index is 14.1. The van der Waals surface area contributed by atoms with Crippen LogP contribution in [0, 0.1) is 0 Å². The first-order chi connectivity index (χ1) is 28.7. The van der Waals surface area contributed by atoms with Gasteiger partial charge >= 0.3 is 18.0 Å². The zero-order chi connectivity index (χ0) is 43.6. The van der Waals surface area contributed by atoms with E-state index in [0.29, 0.717) is 71.3 Å². The molecule has 1 aliphatic rings. The highest BCUT2D eigenvalue weighted by Crippen LogP contribution is 2.31. The number of nitrogens with one attached hydrogen (secondary N) is 5. The van der Waals surface area contributed by atoms with Crippen molar-refractivity contribution in [1.29, 1.82) is 0 Å². The van der Waals surface area contributed by atoms with E-state index in [9.17, 15) is 43.8 Å². The van der Waals surface area contributed by atoms with Gasteiger partial charge in [0, 0.05) is 31.3 Å². The summed E-state index contributed by atoms with van der Waals surface area (Å²) >= 11 is 2.62. The lowest BCUT2D eigenvalue weighted by Gasteiger charge is -2.25. The highest BCUT2D eigenvalue weighted by atomic mass is 32.2. The van der Waals surface area contributed by atoms with Crippen LogP contribution < -0.4 is 26.6 Å². The molecule has 0 bridgehead atoms. The number of carboxylic acid groups (broad SMARTS) is 2. The minimum absolute atomic E-state index is 0.0892.